The molecule has 0 spiro atoms. The molecule has 0 aromatic heterocycles. The minimum atomic E-state index is -5.56. The maximum atomic E-state index is 11.9. The summed E-state index contributed by atoms with van der Waals surface area (Å²) in [5.74, 6) is -0.512. The summed E-state index contributed by atoms with van der Waals surface area (Å²) in [5, 5.41) is 0. The number of carbonyl (C=O) groups excluding carboxylic acids is 1. The van der Waals surface area contributed by atoms with Gasteiger partial charge in [-0.05, 0) is 18.4 Å². The highest BCUT2D eigenvalue weighted by Crippen LogP contribution is 2.24. The molecule has 0 atom stereocenters. The van der Waals surface area contributed by atoms with E-state index >= 15 is 0 Å². The third-order valence-electron chi connectivity index (χ3n) is 2.54. The fourth-order valence-corrected chi connectivity index (χ4v) is 1.89. The van der Waals surface area contributed by atoms with Gasteiger partial charge >= 0.3 is 21.6 Å². The van der Waals surface area contributed by atoms with Crippen molar-refractivity contribution in [1.82, 2.24) is 0 Å². The number of alkyl halides is 3. The van der Waals surface area contributed by atoms with Crippen molar-refractivity contribution in [1.29, 1.82) is 0 Å². The molecular formula is C13H15F3O5S. The SMILES string of the molecule is O=C(CCCCOS(=O)(=O)C(F)(F)F)OCc1ccccc1. The minimum Gasteiger partial charge on any atom is -0.461 e. The second-order valence-corrected chi connectivity index (χ2v) is 5.93. The molecule has 1 rings (SSSR count). The maximum absolute atomic E-state index is 11.9. The van der Waals surface area contributed by atoms with Gasteiger partial charge in [0.2, 0.25) is 0 Å². The van der Waals surface area contributed by atoms with Crippen molar-refractivity contribution in [2.24, 2.45) is 0 Å². The number of esters is 1. The van der Waals surface area contributed by atoms with Gasteiger partial charge in [-0.3, -0.25) is 8.98 Å². The second kappa shape index (κ2) is 8.14. The van der Waals surface area contributed by atoms with Crippen LogP contribution in [-0.2, 0) is 30.4 Å². The van der Waals surface area contributed by atoms with E-state index in [4.69, 9.17) is 4.74 Å². The summed E-state index contributed by atoms with van der Waals surface area (Å²) in [7, 11) is -5.56. The Labute approximate surface area is 126 Å². The van der Waals surface area contributed by atoms with Crippen molar-refractivity contribution < 1.29 is 35.3 Å². The van der Waals surface area contributed by atoms with Crippen molar-refractivity contribution in [3.05, 3.63) is 35.9 Å². The molecule has 0 unspecified atom stereocenters. The lowest BCUT2D eigenvalue weighted by molar-refractivity contribution is -0.145. The van der Waals surface area contributed by atoms with E-state index < -0.39 is 28.2 Å². The summed E-state index contributed by atoms with van der Waals surface area (Å²) < 4.78 is 65.7. The summed E-state index contributed by atoms with van der Waals surface area (Å²) in [5.41, 5.74) is -4.61. The zero-order valence-corrected chi connectivity index (χ0v) is 12.3. The molecule has 5 nitrogen and oxygen atoms in total. The molecule has 0 aliphatic heterocycles. The Hall–Kier alpha value is -1.61. The van der Waals surface area contributed by atoms with Gasteiger partial charge in [0.15, 0.2) is 0 Å². The predicted octanol–water partition coefficient (Wildman–Crippen LogP) is 2.77. The van der Waals surface area contributed by atoms with Crippen molar-refractivity contribution in [3.63, 3.8) is 0 Å². The van der Waals surface area contributed by atoms with Gasteiger partial charge < -0.3 is 4.74 Å². The van der Waals surface area contributed by atoms with Gasteiger partial charge in [-0.25, -0.2) is 0 Å². The number of carbonyl (C=O) groups is 1. The lowest BCUT2D eigenvalue weighted by Crippen LogP contribution is -2.25. The number of unbranched alkanes of at least 4 members (excludes halogenated alkanes) is 1. The average molecular weight is 340 g/mol. The largest absolute Gasteiger partial charge is 0.523 e. The van der Waals surface area contributed by atoms with E-state index in [1.165, 1.54) is 0 Å². The molecule has 0 aliphatic rings. The van der Waals surface area contributed by atoms with Crippen molar-refractivity contribution >= 4 is 16.1 Å². The molecule has 22 heavy (non-hydrogen) atoms. The van der Waals surface area contributed by atoms with Crippen LogP contribution in [0.25, 0.3) is 0 Å². The third-order valence-corrected chi connectivity index (χ3v) is 3.58. The molecule has 9 heteroatoms. The Morgan fingerprint density at radius 1 is 1.09 bits per heavy atom. The van der Waals surface area contributed by atoms with Crippen LogP contribution < -0.4 is 0 Å². The minimum absolute atomic E-state index is 0.00422. The van der Waals surface area contributed by atoms with E-state index in [0.717, 1.165) is 5.56 Å². The van der Waals surface area contributed by atoms with Crippen LogP contribution in [-0.4, -0.2) is 26.5 Å². The van der Waals surface area contributed by atoms with Crippen LogP contribution in [0.2, 0.25) is 0 Å². The normalized spacial score (nSPS) is 12.1. The van der Waals surface area contributed by atoms with Crippen molar-refractivity contribution in [2.45, 2.75) is 31.4 Å². The van der Waals surface area contributed by atoms with Crippen molar-refractivity contribution in [2.75, 3.05) is 6.61 Å². The monoisotopic (exact) mass is 340 g/mol. The first-order valence-corrected chi connectivity index (χ1v) is 7.78. The zero-order chi connectivity index (χ0) is 16.6. The number of benzene rings is 1. The van der Waals surface area contributed by atoms with Crippen LogP contribution in [0.5, 0.6) is 0 Å². The third kappa shape index (κ3) is 6.44. The first-order valence-electron chi connectivity index (χ1n) is 6.37. The molecule has 0 amide bonds. The number of hydrogen-bond acceptors (Lipinski definition) is 5. The highest BCUT2D eigenvalue weighted by Gasteiger charge is 2.47. The number of rotatable bonds is 8. The van der Waals surface area contributed by atoms with Gasteiger partial charge in [0.1, 0.15) is 6.61 Å². The Balaban J connectivity index is 2.16. The molecule has 0 heterocycles. The Kier molecular flexibility index (Phi) is 6.82. The molecular weight excluding hydrogens is 325 g/mol. The fourth-order valence-electron chi connectivity index (χ4n) is 1.42. The number of hydrogen-bond donors (Lipinski definition) is 0. The van der Waals surface area contributed by atoms with E-state index in [0.29, 0.717) is 0 Å². The van der Waals surface area contributed by atoms with E-state index in [-0.39, 0.29) is 25.9 Å². The van der Waals surface area contributed by atoms with E-state index in [9.17, 15) is 26.4 Å². The molecule has 124 valence electrons. The van der Waals surface area contributed by atoms with Crippen LogP contribution in [0, 0.1) is 0 Å². The van der Waals surface area contributed by atoms with Crippen LogP contribution in [0.1, 0.15) is 24.8 Å². The van der Waals surface area contributed by atoms with Crippen LogP contribution in [0.3, 0.4) is 0 Å². The van der Waals surface area contributed by atoms with Crippen LogP contribution >= 0.6 is 0 Å². The summed E-state index contributed by atoms with van der Waals surface area (Å²) >= 11 is 0. The van der Waals surface area contributed by atoms with Gasteiger partial charge in [-0.2, -0.15) is 21.6 Å². The fraction of sp³-hybridized carbons (Fsp3) is 0.462. The smallest absolute Gasteiger partial charge is 0.461 e. The number of ether oxygens (including phenoxy) is 1. The standard InChI is InChI=1S/C13H15F3O5S/c14-13(15,16)22(18,19)21-9-5-4-8-12(17)20-10-11-6-2-1-3-7-11/h1-3,6-7H,4-5,8-10H2. The molecule has 0 N–H and O–H groups in total. The predicted molar refractivity (Wildman–Crippen MR) is 71.0 cm³/mol. The molecule has 0 radical (unpaired) electrons. The van der Waals surface area contributed by atoms with Gasteiger partial charge in [0.05, 0.1) is 6.61 Å². The second-order valence-electron chi connectivity index (χ2n) is 4.33. The maximum Gasteiger partial charge on any atom is 0.523 e. The molecule has 1 aromatic carbocycles. The first kappa shape index (κ1) is 18.4. The van der Waals surface area contributed by atoms with Crippen LogP contribution in [0.4, 0.5) is 13.2 Å². The molecule has 0 aliphatic carbocycles. The quantitative estimate of drug-likeness (QED) is 0.315. The highest BCUT2D eigenvalue weighted by atomic mass is 32.2. The van der Waals surface area contributed by atoms with E-state index in [2.05, 4.69) is 4.18 Å². The highest BCUT2D eigenvalue weighted by molar-refractivity contribution is 7.87. The molecule has 0 saturated carbocycles. The Morgan fingerprint density at radius 3 is 2.32 bits per heavy atom. The molecule has 0 fully saturated rings. The number of halogens is 3. The van der Waals surface area contributed by atoms with Crippen LogP contribution in [0.15, 0.2) is 30.3 Å². The van der Waals surface area contributed by atoms with Gasteiger partial charge in [0, 0.05) is 6.42 Å². The summed E-state index contributed by atoms with van der Waals surface area (Å²) in [4.78, 5) is 11.4. The first-order chi connectivity index (χ1) is 10.2. The van der Waals surface area contributed by atoms with Gasteiger partial charge in [0.25, 0.3) is 0 Å². The Morgan fingerprint density at radius 2 is 1.73 bits per heavy atom. The molecule has 0 saturated heterocycles. The zero-order valence-electron chi connectivity index (χ0n) is 11.5. The molecule has 1 aromatic rings. The lowest BCUT2D eigenvalue weighted by Gasteiger charge is -2.08. The van der Waals surface area contributed by atoms with Gasteiger partial charge in [-0.15, -0.1) is 0 Å². The van der Waals surface area contributed by atoms with Gasteiger partial charge in [-0.1, -0.05) is 30.3 Å². The topological polar surface area (TPSA) is 69.7 Å². The summed E-state index contributed by atoms with van der Waals surface area (Å²) in [6.45, 7) is -0.521. The lowest BCUT2D eigenvalue weighted by atomic mass is 10.2. The Bertz CT molecular complexity index is 569. The summed E-state index contributed by atoms with van der Waals surface area (Å²) in [6, 6.07) is 8.97. The molecule has 0 bridgehead atoms. The van der Waals surface area contributed by atoms with E-state index in [1.54, 1.807) is 24.3 Å². The summed E-state index contributed by atoms with van der Waals surface area (Å²) in [6.07, 6.45) is 0.138. The van der Waals surface area contributed by atoms with E-state index in [1.807, 2.05) is 6.07 Å². The average Bonchev–Trinajstić information content (AvgIpc) is 2.44. The van der Waals surface area contributed by atoms with Crippen molar-refractivity contribution in [3.8, 4) is 0 Å².